The monoisotopic (exact) mass is 569 g/mol. The summed E-state index contributed by atoms with van der Waals surface area (Å²) >= 11 is 3.43. The maximum Gasteiger partial charge on any atom is 0.352 e. The molecule has 1 saturated heterocycles. The number of oxime groups is 1. The van der Waals surface area contributed by atoms with Gasteiger partial charge >= 0.3 is 11.9 Å². The molecule has 1 fully saturated rings. The Balaban J connectivity index is 1.48. The molecule has 37 heavy (non-hydrogen) atoms. The number of nitrogens with zero attached hydrogens (tertiary/aromatic N) is 7. The molecular formula is C18H19N9O7S3. The van der Waals surface area contributed by atoms with E-state index in [-0.39, 0.29) is 45.5 Å². The van der Waals surface area contributed by atoms with Gasteiger partial charge in [-0.15, -0.1) is 28.2 Å². The number of fused-ring (bicyclic) bond motifs is 1. The molecule has 2 aliphatic rings. The largest absolute Gasteiger partial charge is 0.480 e. The first kappa shape index (κ1) is 26.4. The number of thioether (sulfide) groups is 2. The molecule has 0 spiro atoms. The summed E-state index contributed by atoms with van der Waals surface area (Å²) in [6, 6.07) is -0.994. The number of hydrogen-bond donors (Lipinski definition) is 4. The summed E-state index contributed by atoms with van der Waals surface area (Å²) in [5.74, 6) is -3.40. The molecule has 4 heterocycles. The van der Waals surface area contributed by atoms with Crippen molar-refractivity contribution in [2.75, 3.05) is 23.8 Å². The van der Waals surface area contributed by atoms with Crippen LogP contribution in [0.4, 0.5) is 5.13 Å². The molecule has 2 aromatic heterocycles. The highest BCUT2D eigenvalue weighted by Crippen LogP contribution is 2.41. The number of carboxylic acid groups (broad SMARTS) is 2. The van der Waals surface area contributed by atoms with Crippen LogP contribution in [-0.2, 0) is 30.6 Å². The number of anilines is 1. The van der Waals surface area contributed by atoms with Crippen molar-refractivity contribution in [1.82, 2.24) is 35.4 Å². The number of tetrazole rings is 1. The second kappa shape index (κ2) is 11.1. The SMILES string of the molecule is CCON=C(C(=O)NC1C(=O)N2C(C(=O)O)=C(CSc3nnnn3CC(=O)O)CS[C@H]12)c1csc(N)n1. The summed E-state index contributed by atoms with van der Waals surface area (Å²) in [4.78, 5) is 59.1. The lowest BCUT2D eigenvalue weighted by atomic mass is 10.0. The smallest absolute Gasteiger partial charge is 0.352 e. The number of thiazole rings is 1. The number of nitrogens with two attached hydrogens (primary N) is 1. The second-order valence-corrected chi connectivity index (χ2v) is 10.3. The average Bonchev–Trinajstić information content (AvgIpc) is 3.48. The summed E-state index contributed by atoms with van der Waals surface area (Å²) in [5, 5.41) is 37.3. The number of nitrogens with one attached hydrogen (secondary N) is 1. The Morgan fingerprint density at radius 2 is 2.16 bits per heavy atom. The summed E-state index contributed by atoms with van der Waals surface area (Å²) in [7, 11) is 0. The van der Waals surface area contributed by atoms with Crippen molar-refractivity contribution in [3.05, 3.63) is 22.3 Å². The van der Waals surface area contributed by atoms with Gasteiger partial charge in [-0.2, -0.15) is 0 Å². The number of carbonyl (C=O) groups is 4. The van der Waals surface area contributed by atoms with Gasteiger partial charge in [0.15, 0.2) is 10.8 Å². The Bertz CT molecular complexity index is 1310. The zero-order valence-electron chi connectivity index (χ0n) is 18.9. The first-order chi connectivity index (χ1) is 17.7. The zero-order chi connectivity index (χ0) is 26.7. The highest BCUT2D eigenvalue weighted by Gasteiger charge is 2.54. The van der Waals surface area contributed by atoms with Crippen LogP contribution in [0.1, 0.15) is 12.6 Å². The third-order valence-electron chi connectivity index (χ3n) is 4.96. The van der Waals surface area contributed by atoms with Gasteiger partial charge in [0.2, 0.25) is 5.16 Å². The lowest BCUT2D eigenvalue weighted by Gasteiger charge is -2.49. The molecule has 4 rings (SSSR count). The molecule has 2 atom stereocenters. The van der Waals surface area contributed by atoms with Gasteiger partial charge in [0.1, 0.15) is 36.0 Å². The fraction of sp³-hybridized carbons (Fsp3) is 0.389. The van der Waals surface area contributed by atoms with Crippen LogP contribution >= 0.6 is 34.9 Å². The first-order valence-corrected chi connectivity index (χ1v) is 13.4. The molecule has 0 saturated carbocycles. The van der Waals surface area contributed by atoms with E-state index >= 15 is 0 Å². The number of carbonyl (C=O) groups excluding carboxylic acids is 2. The minimum absolute atomic E-state index is 0.110. The Labute approximate surface area is 220 Å². The Hall–Kier alpha value is -3.71. The fourth-order valence-electron chi connectivity index (χ4n) is 3.41. The van der Waals surface area contributed by atoms with E-state index in [0.717, 1.165) is 32.7 Å². The van der Waals surface area contributed by atoms with Gasteiger partial charge in [-0.25, -0.2) is 14.5 Å². The fourth-order valence-corrected chi connectivity index (χ4v) is 6.32. The molecule has 19 heteroatoms. The van der Waals surface area contributed by atoms with Gasteiger partial charge < -0.3 is 26.1 Å². The summed E-state index contributed by atoms with van der Waals surface area (Å²) < 4.78 is 1.07. The van der Waals surface area contributed by atoms with Gasteiger partial charge in [-0.05, 0) is 22.9 Å². The van der Waals surface area contributed by atoms with Crippen LogP contribution in [0.3, 0.4) is 0 Å². The van der Waals surface area contributed by atoms with Crippen LogP contribution in [0.25, 0.3) is 0 Å². The second-order valence-electron chi connectivity index (χ2n) is 7.35. The van der Waals surface area contributed by atoms with Crippen molar-refractivity contribution in [3.63, 3.8) is 0 Å². The van der Waals surface area contributed by atoms with Crippen LogP contribution in [0.15, 0.2) is 27.0 Å². The van der Waals surface area contributed by atoms with Crippen molar-refractivity contribution < 1.29 is 34.2 Å². The van der Waals surface area contributed by atoms with E-state index in [1.165, 1.54) is 17.1 Å². The Kier molecular flexibility index (Phi) is 7.93. The third-order valence-corrected chi connectivity index (χ3v) is 8.02. The van der Waals surface area contributed by atoms with E-state index in [1.54, 1.807) is 6.92 Å². The third kappa shape index (κ3) is 5.52. The van der Waals surface area contributed by atoms with Gasteiger partial charge in [-0.1, -0.05) is 16.9 Å². The lowest BCUT2D eigenvalue weighted by molar-refractivity contribution is -0.150. The van der Waals surface area contributed by atoms with Crippen molar-refractivity contribution in [2.24, 2.45) is 5.16 Å². The number of rotatable bonds is 11. The summed E-state index contributed by atoms with van der Waals surface area (Å²) in [6.45, 7) is 1.43. The van der Waals surface area contributed by atoms with E-state index in [9.17, 15) is 24.3 Å². The molecule has 0 bridgehead atoms. The van der Waals surface area contributed by atoms with Crippen LogP contribution in [0, 0.1) is 0 Å². The van der Waals surface area contributed by atoms with Crippen molar-refractivity contribution in [2.45, 2.75) is 30.0 Å². The molecule has 16 nitrogen and oxygen atoms in total. The Morgan fingerprint density at radius 3 is 2.81 bits per heavy atom. The number of β-lactam (4-membered cyclic amide) rings is 1. The molecule has 2 aromatic rings. The predicted molar refractivity (Wildman–Crippen MR) is 131 cm³/mol. The summed E-state index contributed by atoms with van der Waals surface area (Å²) in [5.41, 5.74) is 5.91. The van der Waals surface area contributed by atoms with Gasteiger partial charge in [0.25, 0.3) is 11.8 Å². The quantitative estimate of drug-likeness (QED) is 0.111. The molecule has 196 valence electrons. The molecule has 0 aliphatic carbocycles. The molecule has 2 amide bonds. The van der Waals surface area contributed by atoms with Crippen molar-refractivity contribution in [3.8, 4) is 0 Å². The molecule has 5 N–H and O–H groups in total. The first-order valence-electron chi connectivity index (χ1n) is 10.4. The molecule has 0 radical (unpaired) electrons. The number of aromatic nitrogens is 5. The number of nitrogen functional groups attached to an aromatic ring is 1. The van der Waals surface area contributed by atoms with E-state index in [1.807, 2.05) is 0 Å². The minimum atomic E-state index is -1.30. The van der Waals surface area contributed by atoms with Crippen LogP contribution in [-0.4, -0.2) is 99.3 Å². The summed E-state index contributed by atoms with van der Waals surface area (Å²) in [6.07, 6.45) is 0. The highest BCUT2D eigenvalue weighted by molar-refractivity contribution is 8.01. The lowest BCUT2D eigenvalue weighted by Crippen LogP contribution is -2.71. The number of aliphatic carboxylic acids is 2. The van der Waals surface area contributed by atoms with E-state index < -0.39 is 41.7 Å². The number of carboxylic acids is 2. The zero-order valence-corrected chi connectivity index (χ0v) is 21.4. The maximum absolute atomic E-state index is 13.0. The minimum Gasteiger partial charge on any atom is -0.480 e. The van der Waals surface area contributed by atoms with E-state index in [4.69, 9.17) is 15.7 Å². The van der Waals surface area contributed by atoms with Crippen LogP contribution in [0.2, 0.25) is 0 Å². The average molecular weight is 570 g/mol. The normalized spacial score (nSPS) is 19.3. The number of amides is 2. The topological polar surface area (TPSA) is 228 Å². The van der Waals surface area contributed by atoms with E-state index in [0.29, 0.717) is 5.57 Å². The van der Waals surface area contributed by atoms with Gasteiger partial charge in [0, 0.05) is 16.9 Å². The Morgan fingerprint density at radius 1 is 1.38 bits per heavy atom. The standard InChI is InChI=1S/C18H19N9O7S3/c1-2-34-23-10(8-6-36-17(19)20-8)13(30)21-11-14(31)27-12(16(32)33)7(4-35-15(11)27)5-37-18-22-24-25-26(18)3-9(28)29/h6,11,15H,2-5H2,1H3,(H2,19,20)(H,21,30)(H,28,29)(H,32,33)/t11?,15-/m1/s1. The molecule has 1 unspecified atom stereocenters. The van der Waals surface area contributed by atoms with Crippen LogP contribution in [0.5, 0.6) is 0 Å². The van der Waals surface area contributed by atoms with Crippen LogP contribution < -0.4 is 11.1 Å². The maximum atomic E-state index is 13.0. The van der Waals surface area contributed by atoms with E-state index in [2.05, 4.69) is 31.0 Å². The van der Waals surface area contributed by atoms with Gasteiger partial charge in [0.05, 0.1) is 0 Å². The molecular weight excluding hydrogens is 550 g/mol. The highest BCUT2D eigenvalue weighted by atomic mass is 32.2. The number of hydrogen-bond acceptors (Lipinski definition) is 14. The molecule has 2 aliphatic heterocycles. The predicted octanol–water partition coefficient (Wildman–Crippen LogP) is -0.932. The van der Waals surface area contributed by atoms with Crippen molar-refractivity contribution in [1.29, 1.82) is 0 Å². The van der Waals surface area contributed by atoms with Crippen molar-refractivity contribution >= 4 is 69.5 Å². The molecule has 0 aromatic carbocycles. The van der Waals surface area contributed by atoms with Gasteiger partial charge in [-0.3, -0.25) is 19.3 Å².